The third-order valence-electron chi connectivity index (χ3n) is 4.41. The molecule has 1 atom stereocenters. The fraction of sp³-hybridized carbons (Fsp3) is 0.714. The average Bonchev–Trinajstić information content (AvgIpc) is 3.09. The standard InChI is InChI=1S/C14H21N3O/c18-10-12-7-8-14(16-15-12)17-9-3-6-13(17)11-4-1-2-5-11/h7-8,11,13,18H,1-6,9-10H2. The van der Waals surface area contributed by atoms with Crippen LogP contribution in [-0.4, -0.2) is 27.9 Å². The van der Waals surface area contributed by atoms with Crippen LogP contribution in [0.1, 0.15) is 44.2 Å². The molecule has 3 rings (SSSR count). The molecule has 1 unspecified atom stereocenters. The fourth-order valence-electron chi connectivity index (χ4n) is 3.50. The van der Waals surface area contributed by atoms with E-state index in [9.17, 15) is 0 Å². The second kappa shape index (κ2) is 5.22. The SMILES string of the molecule is OCc1ccc(N2CCCC2C2CCCC2)nn1. The lowest BCUT2D eigenvalue weighted by Crippen LogP contribution is -2.35. The molecule has 4 heteroatoms. The molecule has 1 aromatic heterocycles. The van der Waals surface area contributed by atoms with Crippen LogP contribution in [0.15, 0.2) is 12.1 Å². The van der Waals surface area contributed by atoms with Gasteiger partial charge in [0.05, 0.1) is 12.3 Å². The van der Waals surface area contributed by atoms with Gasteiger partial charge in [0.1, 0.15) is 0 Å². The van der Waals surface area contributed by atoms with E-state index in [0.29, 0.717) is 11.7 Å². The monoisotopic (exact) mass is 247 g/mol. The molecule has 1 aromatic rings. The van der Waals surface area contributed by atoms with Crippen LogP contribution >= 0.6 is 0 Å². The molecule has 1 saturated heterocycles. The molecule has 0 spiro atoms. The largest absolute Gasteiger partial charge is 0.390 e. The zero-order valence-electron chi connectivity index (χ0n) is 10.8. The molecule has 18 heavy (non-hydrogen) atoms. The molecule has 1 aliphatic carbocycles. The van der Waals surface area contributed by atoms with Gasteiger partial charge in [-0.2, -0.15) is 5.10 Å². The smallest absolute Gasteiger partial charge is 0.151 e. The van der Waals surface area contributed by atoms with Crippen LogP contribution < -0.4 is 4.90 Å². The molecule has 0 bridgehead atoms. The van der Waals surface area contributed by atoms with Crippen LogP contribution in [0.4, 0.5) is 5.82 Å². The first-order valence-corrected chi connectivity index (χ1v) is 7.08. The first-order valence-electron chi connectivity index (χ1n) is 7.08. The van der Waals surface area contributed by atoms with Gasteiger partial charge in [0.25, 0.3) is 0 Å². The summed E-state index contributed by atoms with van der Waals surface area (Å²) >= 11 is 0. The van der Waals surface area contributed by atoms with Crippen molar-refractivity contribution >= 4 is 5.82 Å². The van der Waals surface area contributed by atoms with Crippen LogP contribution in [0.5, 0.6) is 0 Å². The molecule has 2 aliphatic rings. The van der Waals surface area contributed by atoms with Crippen LogP contribution in [0, 0.1) is 5.92 Å². The summed E-state index contributed by atoms with van der Waals surface area (Å²) in [5.41, 5.74) is 0.648. The van der Waals surface area contributed by atoms with Crippen molar-refractivity contribution in [2.45, 2.75) is 51.2 Å². The Balaban J connectivity index is 1.76. The summed E-state index contributed by atoms with van der Waals surface area (Å²) in [6.45, 7) is 1.08. The van der Waals surface area contributed by atoms with Gasteiger partial charge in [0.2, 0.25) is 0 Å². The van der Waals surface area contributed by atoms with Crippen molar-refractivity contribution in [1.82, 2.24) is 10.2 Å². The normalized spacial score (nSPS) is 24.9. The van der Waals surface area contributed by atoms with Gasteiger partial charge in [-0.1, -0.05) is 12.8 Å². The van der Waals surface area contributed by atoms with Crippen molar-refractivity contribution in [2.75, 3.05) is 11.4 Å². The van der Waals surface area contributed by atoms with E-state index in [2.05, 4.69) is 15.1 Å². The van der Waals surface area contributed by atoms with Crippen molar-refractivity contribution in [3.05, 3.63) is 17.8 Å². The topological polar surface area (TPSA) is 49.2 Å². The number of aliphatic hydroxyl groups is 1. The van der Waals surface area contributed by atoms with Crippen molar-refractivity contribution in [3.63, 3.8) is 0 Å². The lowest BCUT2D eigenvalue weighted by atomic mass is 9.96. The van der Waals surface area contributed by atoms with Crippen LogP contribution in [0.25, 0.3) is 0 Å². The van der Waals surface area contributed by atoms with Crippen molar-refractivity contribution < 1.29 is 5.11 Å². The zero-order valence-corrected chi connectivity index (χ0v) is 10.8. The van der Waals surface area contributed by atoms with Crippen LogP contribution in [-0.2, 0) is 6.61 Å². The number of nitrogens with zero attached hydrogens (tertiary/aromatic N) is 3. The summed E-state index contributed by atoms with van der Waals surface area (Å²) in [5, 5.41) is 17.3. The maximum Gasteiger partial charge on any atom is 0.151 e. The Bertz CT molecular complexity index is 387. The third kappa shape index (κ3) is 2.21. The second-order valence-electron chi connectivity index (χ2n) is 5.49. The Hall–Kier alpha value is -1.16. The lowest BCUT2D eigenvalue weighted by Gasteiger charge is -2.30. The number of anilines is 1. The van der Waals surface area contributed by atoms with Crippen molar-refractivity contribution in [3.8, 4) is 0 Å². The molecule has 0 amide bonds. The minimum Gasteiger partial charge on any atom is -0.390 e. The van der Waals surface area contributed by atoms with Gasteiger partial charge < -0.3 is 10.0 Å². The summed E-state index contributed by atoms with van der Waals surface area (Å²) < 4.78 is 0. The van der Waals surface area contributed by atoms with E-state index in [-0.39, 0.29) is 6.61 Å². The molecule has 2 fully saturated rings. The Labute approximate surface area is 108 Å². The molecule has 0 radical (unpaired) electrons. The first-order chi connectivity index (χ1) is 8.88. The third-order valence-corrected chi connectivity index (χ3v) is 4.41. The van der Waals surface area contributed by atoms with Gasteiger partial charge in [0.15, 0.2) is 5.82 Å². The Morgan fingerprint density at radius 1 is 1.11 bits per heavy atom. The van der Waals surface area contributed by atoms with E-state index in [0.717, 1.165) is 18.3 Å². The van der Waals surface area contributed by atoms with Crippen molar-refractivity contribution in [1.29, 1.82) is 0 Å². The molecule has 0 aromatic carbocycles. The summed E-state index contributed by atoms with van der Waals surface area (Å²) in [6, 6.07) is 4.56. The molecule has 1 N–H and O–H groups in total. The maximum atomic E-state index is 9.00. The average molecular weight is 247 g/mol. The highest BCUT2D eigenvalue weighted by Gasteiger charge is 2.33. The molecular weight excluding hydrogens is 226 g/mol. The van der Waals surface area contributed by atoms with E-state index in [4.69, 9.17) is 5.11 Å². The number of hydrogen-bond acceptors (Lipinski definition) is 4. The Morgan fingerprint density at radius 3 is 2.61 bits per heavy atom. The molecule has 98 valence electrons. The van der Waals surface area contributed by atoms with Gasteiger partial charge in [0, 0.05) is 12.6 Å². The highest BCUT2D eigenvalue weighted by atomic mass is 16.3. The molecular formula is C14H21N3O. The van der Waals surface area contributed by atoms with Crippen LogP contribution in [0.3, 0.4) is 0 Å². The maximum absolute atomic E-state index is 9.00. The molecule has 1 aliphatic heterocycles. The van der Waals surface area contributed by atoms with E-state index in [1.165, 1.54) is 38.5 Å². The highest BCUT2D eigenvalue weighted by molar-refractivity contribution is 5.40. The molecule has 2 heterocycles. The molecule has 4 nitrogen and oxygen atoms in total. The lowest BCUT2D eigenvalue weighted by molar-refractivity contribution is 0.275. The van der Waals surface area contributed by atoms with E-state index >= 15 is 0 Å². The van der Waals surface area contributed by atoms with Gasteiger partial charge in [-0.15, -0.1) is 5.10 Å². The van der Waals surface area contributed by atoms with Crippen molar-refractivity contribution in [2.24, 2.45) is 5.92 Å². The summed E-state index contributed by atoms with van der Waals surface area (Å²) in [5.74, 6) is 1.84. The van der Waals surface area contributed by atoms with Crippen LogP contribution in [0.2, 0.25) is 0 Å². The highest BCUT2D eigenvalue weighted by Crippen LogP contribution is 2.36. The van der Waals surface area contributed by atoms with E-state index in [1.54, 1.807) is 0 Å². The predicted molar refractivity (Wildman–Crippen MR) is 70.3 cm³/mol. The van der Waals surface area contributed by atoms with Gasteiger partial charge in [-0.3, -0.25) is 0 Å². The minimum absolute atomic E-state index is 0.0284. The van der Waals surface area contributed by atoms with E-state index < -0.39 is 0 Å². The zero-order chi connectivity index (χ0) is 12.4. The van der Waals surface area contributed by atoms with Gasteiger partial charge in [-0.05, 0) is 43.7 Å². The predicted octanol–water partition coefficient (Wildman–Crippen LogP) is 2.13. The Morgan fingerprint density at radius 2 is 1.94 bits per heavy atom. The second-order valence-corrected chi connectivity index (χ2v) is 5.49. The Kier molecular flexibility index (Phi) is 3.46. The first kappa shape index (κ1) is 11.9. The summed E-state index contributed by atoms with van der Waals surface area (Å²) in [4.78, 5) is 2.43. The van der Waals surface area contributed by atoms with Gasteiger partial charge >= 0.3 is 0 Å². The van der Waals surface area contributed by atoms with E-state index in [1.807, 2.05) is 12.1 Å². The number of rotatable bonds is 3. The summed E-state index contributed by atoms with van der Waals surface area (Å²) in [6.07, 6.45) is 8.11. The summed E-state index contributed by atoms with van der Waals surface area (Å²) in [7, 11) is 0. The fourth-order valence-corrected chi connectivity index (χ4v) is 3.50. The van der Waals surface area contributed by atoms with Gasteiger partial charge in [-0.25, -0.2) is 0 Å². The molecule has 1 saturated carbocycles. The number of hydrogen-bond donors (Lipinski definition) is 1. The number of aliphatic hydroxyl groups excluding tert-OH is 1. The number of aromatic nitrogens is 2. The quantitative estimate of drug-likeness (QED) is 0.889. The minimum atomic E-state index is -0.0284.